The second kappa shape index (κ2) is 6.16. The SMILES string of the molecule is CC(C)(C)OC(=O)NCc1ncc(C(=O)O)c(C(F)(F)F)n1. The van der Waals surface area contributed by atoms with Crippen LogP contribution in [0, 0.1) is 0 Å². The van der Waals surface area contributed by atoms with Crippen molar-refractivity contribution in [2.45, 2.75) is 39.1 Å². The first-order valence-electron chi connectivity index (χ1n) is 6.03. The van der Waals surface area contributed by atoms with Crippen molar-refractivity contribution in [3.63, 3.8) is 0 Å². The quantitative estimate of drug-likeness (QED) is 0.885. The number of carbonyl (C=O) groups excluding carboxylic acids is 1. The van der Waals surface area contributed by atoms with Gasteiger partial charge in [-0.3, -0.25) is 0 Å². The van der Waals surface area contributed by atoms with Crippen molar-refractivity contribution in [3.8, 4) is 0 Å². The molecule has 22 heavy (non-hydrogen) atoms. The number of alkyl halides is 3. The lowest BCUT2D eigenvalue weighted by molar-refractivity contribution is -0.141. The number of rotatable bonds is 3. The topological polar surface area (TPSA) is 101 Å². The highest BCUT2D eigenvalue weighted by Crippen LogP contribution is 2.30. The van der Waals surface area contributed by atoms with Gasteiger partial charge in [-0.25, -0.2) is 19.6 Å². The van der Waals surface area contributed by atoms with Crippen molar-refractivity contribution in [1.29, 1.82) is 0 Å². The second-order valence-corrected chi connectivity index (χ2v) is 5.21. The van der Waals surface area contributed by atoms with E-state index in [2.05, 4.69) is 15.3 Å². The number of carboxylic acid groups (broad SMARTS) is 1. The maximum Gasteiger partial charge on any atom is 0.434 e. The molecule has 0 aromatic carbocycles. The third-order valence-corrected chi connectivity index (χ3v) is 2.13. The van der Waals surface area contributed by atoms with Crippen LogP contribution in [0.5, 0.6) is 0 Å². The fourth-order valence-electron chi connectivity index (χ4n) is 1.34. The van der Waals surface area contributed by atoms with Crippen LogP contribution in [0.15, 0.2) is 6.20 Å². The van der Waals surface area contributed by atoms with E-state index in [0.29, 0.717) is 6.20 Å². The van der Waals surface area contributed by atoms with Gasteiger partial charge in [0.15, 0.2) is 5.69 Å². The van der Waals surface area contributed by atoms with Crippen molar-refractivity contribution in [2.75, 3.05) is 0 Å². The number of alkyl carbamates (subject to hydrolysis) is 1. The van der Waals surface area contributed by atoms with E-state index in [-0.39, 0.29) is 5.82 Å². The monoisotopic (exact) mass is 321 g/mol. The van der Waals surface area contributed by atoms with Gasteiger partial charge in [0.2, 0.25) is 0 Å². The summed E-state index contributed by atoms with van der Waals surface area (Å²) in [4.78, 5) is 28.7. The summed E-state index contributed by atoms with van der Waals surface area (Å²) >= 11 is 0. The summed E-state index contributed by atoms with van der Waals surface area (Å²) in [6, 6.07) is 0. The number of aromatic carboxylic acids is 1. The van der Waals surface area contributed by atoms with E-state index < -0.39 is 41.6 Å². The van der Waals surface area contributed by atoms with Gasteiger partial charge in [0.1, 0.15) is 17.0 Å². The molecular weight excluding hydrogens is 307 g/mol. The second-order valence-electron chi connectivity index (χ2n) is 5.21. The number of ether oxygens (including phenoxy) is 1. The van der Waals surface area contributed by atoms with Gasteiger partial charge in [0.05, 0.1) is 6.54 Å². The molecule has 1 amide bonds. The molecule has 2 N–H and O–H groups in total. The molecule has 10 heteroatoms. The van der Waals surface area contributed by atoms with E-state index in [0.717, 1.165) is 0 Å². The summed E-state index contributed by atoms with van der Waals surface area (Å²) in [5.74, 6) is -2.18. The van der Waals surface area contributed by atoms with E-state index in [1.165, 1.54) is 0 Å². The molecular formula is C12H14F3N3O4. The van der Waals surface area contributed by atoms with Gasteiger partial charge in [-0.1, -0.05) is 0 Å². The predicted molar refractivity (Wildman–Crippen MR) is 67.1 cm³/mol. The molecule has 0 radical (unpaired) electrons. The minimum absolute atomic E-state index is 0.386. The Bertz CT molecular complexity index is 582. The third kappa shape index (κ3) is 5.19. The number of aromatic nitrogens is 2. The standard InChI is InChI=1S/C12H14F3N3O4/c1-11(2,3)22-10(21)17-5-7-16-4-6(9(19)20)8(18-7)12(13,14)15/h4H,5H2,1-3H3,(H,17,21)(H,19,20). The van der Waals surface area contributed by atoms with Crippen molar-refractivity contribution in [2.24, 2.45) is 0 Å². The zero-order valence-corrected chi connectivity index (χ0v) is 12.0. The highest BCUT2D eigenvalue weighted by atomic mass is 19.4. The van der Waals surface area contributed by atoms with Crippen LogP contribution >= 0.6 is 0 Å². The summed E-state index contributed by atoms with van der Waals surface area (Å²) in [6.07, 6.45) is -5.26. The Balaban J connectivity index is 2.90. The molecule has 1 rings (SSSR count). The van der Waals surface area contributed by atoms with Crippen LogP contribution in [0.4, 0.5) is 18.0 Å². The summed E-state index contributed by atoms with van der Waals surface area (Å²) in [5.41, 5.74) is -3.40. The molecule has 122 valence electrons. The third-order valence-electron chi connectivity index (χ3n) is 2.13. The summed E-state index contributed by atoms with van der Waals surface area (Å²) < 4.78 is 43.1. The molecule has 1 aromatic heterocycles. The Labute approximate surface area is 123 Å². The number of hydrogen-bond donors (Lipinski definition) is 2. The zero-order chi connectivity index (χ0) is 17.1. The largest absolute Gasteiger partial charge is 0.478 e. The Morgan fingerprint density at radius 1 is 1.32 bits per heavy atom. The normalized spacial score (nSPS) is 11.9. The molecule has 0 aliphatic heterocycles. The number of nitrogens with zero attached hydrogens (tertiary/aromatic N) is 2. The first kappa shape index (κ1) is 17.7. The Morgan fingerprint density at radius 2 is 1.91 bits per heavy atom. The van der Waals surface area contributed by atoms with E-state index in [1.54, 1.807) is 20.8 Å². The molecule has 1 aromatic rings. The van der Waals surface area contributed by atoms with Gasteiger partial charge in [-0.05, 0) is 20.8 Å². The van der Waals surface area contributed by atoms with Crippen LogP contribution in [0.2, 0.25) is 0 Å². The first-order chi connectivity index (χ1) is 9.90. The molecule has 7 nitrogen and oxygen atoms in total. The number of halogens is 3. The van der Waals surface area contributed by atoms with E-state index in [9.17, 15) is 22.8 Å². The molecule has 0 unspecified atom stereocenters. The van der Waals surface area contributed by atoms with Gasteiger partial charge >= 0.3 is 18.2 Å². The van der Waals surface area contributed by atoms with Crippen LogP contribution in [-0.2, 0) is 17.5 Å². The molecule has 0 saturated carbocycles. The average molecular weight is 321 g/mol. The van der Waals surface area contributed by atoms with Crippen LogP contribution in [0.3, 0.4) is 0 Å². The summed E-state index contributed by atoms with van der Waals surface area (Å²) in [6.45, 7) is 4.42. The van der Waals surface area contributed by atoms with Crippen LogP contribution < -0.4 is 5.32 Å². The molecule has 0 fully saturated rings. The minimum Gasteiger partial charge on any atom is -0.478 e. The van der Waals surface area contributed by atoms with E-state index >= 15 is 0 Å². The number of carboxylic acids is 1. The lowest BCUT2D eigenvalue weighted by Gasteiger charge is -2.19. The molecule has 0 saturated heterocycles. The Hall–Kier alpha value is -2.39. The van der Waals surface area contributed by atoms with Crippen LogP contribution in [0.25, 0.3) is 0 Å². The fraction of sp³-hybridized carbons (Fsp3) is 0.500. The number of hydrogen-bond acceptors (Lipinski definition) is 5. The first-order valence-corrected chi connectivity index (χ1v) is 6.03. The number of amides is 1. The lowest BCUT2D eigenvalue weighted by Crippen LogP contribution is -2.32. The maximum atomic E-state index is 12.7. The van der Waals surface area contributed by atoms with Gasteiger partial charge < -0.3 is 15.2 Å². The Kier molecular flexibility index (Phi) is 4.94. The highest BCUT2D eigenvalue weighted by Gasteiger charge is 2.38. The smallest absolute Gasteiger partial charge is 0.434 e. The molecule has 0 spiro atoms. The van der Waals surface area contributed by atoms with Crippen molar-refractivity contribution in [1.82, 2.24) is 15.3 Å². The van der Waals surface area contributed by atoms with Crippen LogP contribution in [-0.4, -0.2) is 32.7 Å². The maximum absolute atomic E-state index is 12.7. The molecule has 0 bridgehead atoms. The van der Waals surface area contributed by atoms with E-state index in [1.807, 2.05) is 0 Å². The van der Waals surface area contributed by atoms with Crippen molar-refractivity contribution in [3.05, 3.63) is 23.3 Å². The lowest BCUT2D eigenvalue weighted by atomic mass is 10.2. The van der Waals surface area contributed by atoms with Gasteiger partial charge in [-0.15, -0.1) is 0 Å². The molecule has 0 aliphatic rings. The van der Waals surface area contributed by atoms with Crippen LogP contribution in [0.1, 0.15) is 42.6 Å². The summed E-state index contributed by atoms with van der Waals surface area (Å²) in [7, 11) is 0. The zero-order valence-electron chi connectivity index (χ0n) is 12.0. The molecule has 1 heterocycles. The number of nitrogens with one attached hydrogen (secondary N) is 1. The van der Waals surface area contributed by atoms with E-state index in [4.69, 9.17) is 9.84 Å². The Morgan fingerprint density at radius 3 is 2.36 bits per heavy atom. The summed E-state index contributed by atoms with van der Waals surface area (Å²) in [5, 5.41) is 10.9. The molecule has 0 atom stereocenters. The van der Waals surface area contributed by atoms with Gasteiger partial charge in [0, 0.05) is 6.20 Å². The highest BCUT2D eigenvalue weighted by molar-refractivity contribution is 5.88. The minimum atomic E-state index is -4.95. The van der Waals surface area contributed by atoms with Crippen molar-refractivity contribution < 1.29 is 32.6 Å². The van der Waals surface area contributed by atoms with Crippen molar-refractivity contribution >= 4 is 12.1 Å². The predicted octanol–water partition coefficient (Wildman–Crippen LogP) is 2.22. The number of carbonyl (C=O) groups is 2. The average Bonchev–Trinajstić information content (AvgIpc) is 2.32. The molecule has 0 aliphatic carbocycles. The fourth-order valence-corrected chi connectivity index (χ4v) is 1.34. The van der Waals surface area contributed by atoms with Gasteiger partial charge in [-0.2, -0.15) is 13.2 Å². The van der Waals surface area contributed by atoms with Gasteiger partial charge in [0.25, 0.3) is 0 Å².